The first-order valence-corrected chi connectivity index (χ1v) is 4.73. The van der Waals surface area contributed by atoms with Gasteiger partial charge in [-0.25, -0.2) is 4.39 Å². The second kappa shape index (κ2) is 5.89. The van der Waals surface area contributed by atoms with Crippen molar-refractivity contribution in [3.63, 3.8) is 0 Å². The Hall–Kier alpha value is -1.86. The maximum atomic E-state index is 13.2. The van der Waals surface area contributed by atoms with Crippen molar-refractivity contribution in [1.82, 2.24) is 0 Å². The summed E-state index contributed by atoms with van der Waals surface area (Å²) in [6.07, 6.45) is -0.0208. The lowest BCUT2D eigenvalue weighted by atomic mass is 10.1. The van der Waals surface area contributed by atoms with Crippen LogP contribution in [-0.2, 0) is 11.2 Å². The van der Waals surface area contributed by atoms with Crippen molar-refractivity contribution in [3.05, 3.63) is 35.1 Å². The van der Waals surface area contributed by atoms with Gasteiger partial charge in [-0.05, 0) is 18.2 Å². The second-order valence-electron chi connectivity index (χ2n) is 3.15. The molecule has 0 aliphatic carbocycles. The Bertz CT molecular complexity index is 443. The molecule has 0 unspecified atom stereocenters. The van der Waals surface area contributed by atoms with Crippen LogP contribution in [0.3, 0.4) is 0 Å². The van der Waals surface area contributed by atoms with E-state index in [0.717, 1.165) is 0 Å². The molecule has 0 saturated heterocycles. The Morgan fingerprint density at radius 2 is 2.19 bits per heavy atom. The summed E-state index contributed by atoms with van der Waals surface area (Å²) in [7, 11) is 0. The molecule has 0 radical (unpaired) electrons. The van der Waals surface area contributed by atoms with Gasteiger partial charge in [-0.15, -0.1) is 0 Å². The third-order valence-electron chi connectivity index (χ3n) is 1.86. The number of rotatable bonds is 3. The molecule has 1 rings (SSSR count). The van der Waals surface area contributed by atoms with Gasteiger partial charge < -0.3 is 10.2 Å². The number of carboxylic acid groups (broad SMARTS) is 1. The Labute approximate surface area is 92.5 Å². The van der Waals surface area contributed by atoms with Crippen LogP contribution in [0.2, 0.25) is 0 Å². The van der Waals surface area contributed by atoms with E-state index in [9.17, 15) is 9.18 Å². The molecule has 1 aromatic rings. The van der Waals surface area contributed by atoms with Crippen molar-refractivity contribution in [2.45, 2.75) is 12.8 Å². The molecular formula is C12H11FO3. The molecular weight excluding hydrogens is 211 g/mol. The predicted molar refractivity (Wildman–Crippen MR) is 56.3 cm³/mol. The van der Waals surface area contributed by atoms with E-state index in [1.54, 1.807) is 0 Å². The molecule has 0 fully saturated rings. The molecule has 0 aliphatic rings. The maximum Gasteiger partial charge on any atom is 0.307 e. The lowest BCUT2D eigenvalue weighted by Gasteiger charge is -2.00. The number of carbonyl (C=O) groups is 1. The second-order valence-corrected chi connectivity index (χ2v) is 3.15. The minimum Gasteiger partial charge on any atom is -0.481 e. The molecule has 4 heteroatoms. The Morgan fingerprint density at radius 1 is 1.44 bits per heavy atom. The fourth-order valence-corrected chi connectivity index (χ4v) is 1.17. The molecule has 1 aromatic carbocycles. The zero-order valence-corrected chi connectivity index (χ0v) is 8.53. The molecule has 0 atom stereocenters. The molecule has 0 aliphatic heterocycles. The zero-order chi connectivity index (χ0) is 12.0. The van der Waals surface area contributed by atoms with Crippen LogP contribution in [0.4, 0.5) is 4.39 Å². The smallest absolute Gasteiger partial charge is 0.307 e. The van der Waals surface area contributed by atoms with Crippen molar-refractivity contribution >= 4 is 5.97 Å². The number of hydrogen-bond acceptors (Lipinski definition) is 2. The number of carboxylic acids is 1. The fraction of sp³-hybridized carbons (Fsp3) is 0.250. The summed E-state index contributed by atoms with van der Waals surface area (Å²) in [5.41, 5.74) is 0.661. The van der Waals surface area contributed by atoms with Crippen LogP contribution in [0.15, 0.2) is 18.2 Å². The number of hydrogen-bond donors (Lipinski definition) is 2. The average molecular weight is 222 g/mol. The monoisotopic (exact) mass is 222 g/mol. The van der Waals surface area contributed by atoms with Crippen LogP contribution in [0, 0.1) is 17.7 Å². The van der Waals surface area contributed by atoms with Gasteiger partial charge in [-0.1, -0.05) is 11.8 Å². The van der Waals surface area contributed by atoms with Gasteiger partial charge in [0.2, 0.25) is 0 Å². The molecule has 2 N–H and O–H groups in total. The first-order valence-electron chi connectivity index (χ1n) is 4.73. The maximum absolute atomic E-state index is 13.2. The standard InChI is InChI=1S/C12H11FO3/c13-11-5-4-9(3-1-2-6-14)7-10(11)8-12(15)16/h4-5,7,14H,2,6,8H2,(H,15,16). The van der Waals surface area contributed by atoms with Crippen molar-refractivity contribution in [2.24, 2.45) is 0 Å². The predicted octanol–water partition coefficient (Wildman–Crippen LogP) is 1.19. The highest BCUT2D eigenvalue weighted by Crippen LogP contribution is 2.10. The lowest BCUT2D eigenvalue weighted by molar-refractivity contribution is -0.136. The molecule has 0 saturated carbocycles. The molecule has 84 valence electrons. The van der Waals surface area contributed by atoms with E-state index in [-0.39, 0.29) is 18.6 Å². The van der Waals surface area contributed by atoms with E-state index in [1.165, 1.54) is 18.2 Å². The highest BCUT2D eigenvalue weighted by Gasteiger charge is 2.06. The number of halogens is 1. The van der Waals surface area contributed by atoms with Crippen LogP contribution in [0.1, 0.15) is 17.5 Å². The Balaban J connectivity index is 2.90. The van der Waals surface area contributed by atoms with Crippen LogP contribution in [-0.4, -0.2) is 22.8 Å². The van der Waals surface area contributed by atoms with Gasteiger partial charge in [0, 0.05) is 17.5 Å². The quantitative estimate of drug-likeness (QED) is 0.755. The van der Waals surface area contributed by atoms with Gasteiger partial charge in [-0.2, -0.15) is 0 Å². The molecule has 0 bridgehead atoms. The van der Waals surface area contributed by atoms with E-state index < -0.39 is 11.8 Å². The minimum atomic E-state index is -1.08. The third-order valence-corrected chi connectivity index (χ3v) is 1.86. The van der Waals surface area contributed by atoms with Gasteiger partial charge in [0.15, 0.2) is 0 Å². The summed E-state index contributed by atoms with van der Waals surface area (Å²) in [6.45, 7) is -0.0316. The normalized spacial score (nSPS) is 9.38. The van der Waals surface area contributed by atoms with Crippen molar-refractivity contribution in [3.8, 4) is 11.8 Å². The van der Waals surface area contributed by atoms with Crippen LogP contribution < -0.4 is 0 Å². The molecule has 16 heavy (non-hydrogen) atoms. The van der Waals surface area contributed by atoms with Crippen LogP contribution >= 0.6 is 0 Å². The SMILES string of the molecule is O=C(O)Cc1cc(C#CCCO)ccc1F. The fourth-order valence-electron chi connectivity index (χ4n) is 1.17. The highest BCUT2D eigenvalue weighted by molar-refractivity contribution is 5.70. The van der Waals surface area contributed by atoms with Crippen molar-refractivity contribution < 1.29 is 19.4 Å². The largest absolute Gasteiger partial charge is 0.481 e. The van der Waals surface area contributed by atoms with E-state index in [4.69, 9.17) is 10.2 Å². The van der Waals surface area contributed by atoms with Crippen LogP contribution in [0.5, 0.6) is 0 Å². The summed E-state index contributed by atoms with van der Waals surface area (Å²) in [4.78, 5) is 10.5. The lowest BCUT2D eigenvalue weighted by Crippen LogP contribution is -2.02. The molecule has 3 nitrogen and oxygen atoms in total. The number of benzene rings is 1. The van der Waals surface area contributed by atoms with Gasteiger partial charge in [0.25, 0.3) is 0 Å². The molecule has 0 amide bonds. The summed E-state index contributed by atoms with van der Waals surface area (Å²) in [6, 6.07) is 4.08. The van der Waals surface area contributed by atoms with E-state index in [0.29, 0.717) is 12.0 Å². The van der Waals surface area contributed by atoms with Gasteiger partial charge in [-0.3, -0.25) is 4.79 Å². The first-order chi connectivity index (χ1) is 7.63. The van der Waals surface area contributed by atoms with Crippen molar-refractivity contribution in [2.75, 3.05) is 6.61 Å². The Kier molecular flexibility index (Phi) is 4.49. The highest BCUT2D eigenvalue weighted by atomic mass is 19.1. The molecule has 0 heterocycles. The average Bonchev–Trinajstić information content (AvgIpc) is 2.22. The number of aliphatic hydroxyl groups excluding tert-OH is 1. The molecule has 0 aromatic heterocycles. The summed E-state index contributed by atoms with van der Waals surface area (Å²) in [5, 5.41) is 17.1. The number of aliphatic carboxylic acids is 1. The third kappa shape index (κ3) is 3.71. The Morgan fingerprint density at radius 3 is 2.81 bits per heavy atom. The van der Waals surface area contributed by atoms with Gasteiger partial charge in [0.05, 0.1) is 13.0 Å². The first kappa shape index (κ1) is 12.2. The van der Waals surface area contributed by atoms with Crippen molar-refractivity contribution in [1.29, 1.82) is 0 Å². The van der Waals surface area contributed by atoms with Gasteiger partial charge in [0.1, 0.15) is 5.82 Å². The van der Waals surface area contributed by atoms with E-state index in [2.05, 4.69) is 11.8 Å². The molecule has 0 spiro atoms. The summed E-state index contributed by atoms with van der Waals surface area (Å²) in [5.74, 6) is 3.77. The topological polar surface area (TPSA) is 57.5 Å². The minimum absolute atomic E-state index is 0.0316. The van der Waals surface area contributed by atoms with E-state index >= 15 is 0 Å². The summed E-state index contributed by atoms with van der Waals surface area (Å²) >= 11 is 0. The zero-order valence-electron chi connectivity index (χ0n) is 8.53. The van der Waals surface area contributed by atoms with Gasteiger partial charge >= 0.3 is 5.97 Å². The number of aliphatic hydroxyl groups is 1. The van der Waals surface area contributed by atoms with E-state index in [1.807, 2.05) is 0 Å². The van der Waals surface area contributed by atoms with Crippen LogP contribution in [0.25, 0.3) is 0 Å². The summed E-state index contributed by atoms with van der Waals surface area (Å²) < 4.78 is 13.2.